The lowest BCUT2D eigenvalue weighted by molar-refractivity contribution is 0.100. The topological polar surface area (TPSA) is 103 Å². The van der Waals surface area contributed by atoms with Gasteiger partial charge in [-0.1, -0.05) is 37.5 Å². The van der Waals surface area contributed by atoms with E-state index in [-0.39, 0.29) is 11.3 Å². The smallest absolute Gasteiger partial charge is 0.274 e. The Labute approximate surface area is 169 Å². The minimum Gasteiger partial charge on any atom is -0.366 e. The van der Waals surface area contributed by atoms with E-state index in [1.165, 1.54) is 38.2 Å². The van der Waals surface area contributed by atoms with Crippen LogP contribution in [-0.2, 0) is 6.54 Å². The number of nitrogens with two attached hydrogens (primary N) is 1. The molecule has 2 aromatic heterocycles. The van der Waals surface area contributed by atoms with E-state index in [2.05, 4.69) is 15.4 Å². The largest absolute Gasteiger partial charge is 0.366 e. The van der Waals surface area contributed by atoms with Crippen LogP contribution in [0.25, 0.3) is 10.9 Å². The molecule has 29 heavy (non-hydrogen) atoms. The van der Waals surface area contributed by atoms with E-state index in [4.69, 9.17) is 5.73 Å². The van der Waals surface area contributed by atoms with Crippen LogP contribution in [0.15, 0.2) is 36.5 Å². The Balaban J connectivity index is 1.56. The normalized spacial score (nSPS) is 14.8. The molecule has 7 nitrogen and oxygen atoms in total. The van der Waals surface area contributed by atoms with E-state index >= 15 is 0 Å². The van der Waals surface area contributed by atoms with Crippen LogP contribution in [0.5, 0.6) is 0 Å². The Bertz CT molecular complexity index is 1070. The molecule has 3 N–H and O–H groups in total. The number of fused-ring (bicyclic) bond motifs is 1. The summed E-state index contributed by atoms with van der Waals surface area (Å²) < 4.78 is 1.92. The van der Waals surface area contributed by atoms with Crippen molar-refractivity contribution in [2.45, 2.75) is 45.6 Å². The van der Waals surface area contributed by atoms with Gasteiger partial charge in [-0.25, -0.2) is 4.98 Å². The molecule has 1 aromatic carbocycles. The first-order chi connectivity index (χ1) is 14.0. The fraction of sp³-hybridized carbons (Fsp3) is 0.364. The number of primary amides is 1. The lowest BCUT2D eigenvalue weighted by atomic mass is 9.89. The predicted molar refractivity (Wildman–Crippen MR) is 112 cm³/mol. The van der Waals surface area contributed by atoms with Crippen LogP contribution in [-0.4, -0.2) is 26.6 Å². The molecule has 0 bridgehead atoms. The first-order valence-electron chi connectivity index (χ1n) is 10.1. The maximum absolute atomic E-state index is 12.8. The number of aryl methyl sites for hydroxylation is 1. The Kier molecular flexibility index (Phi) is 5.29. The van der Waals surface area contributed by atoms with Crippen molar-refractivity contribution < 1.29 is 9.59 Å². The van der Waals surface area contributed by atoms with Crippen molar-refractivity contribution in [3.05, 3.63) is 53.5 Å². The second kappa shape index (κ2) is 8.03. The summed E-state index contributed by atoms with van der Waals surface area (Å²) in [6.07, 6.45) is 8.23. The van der Waals surface area contributed by atoms with Crippen molar-refractivity contribution in [1.29, 1.82) is 0 Å². The number of nitrogens with one attached hydrogen (secondary N) is 1. The van der Waals surface area contributed by atoms with Crippen LogP contribution in [0.4, 0.5) is 5.69 Å². The second-order valence-corrected chi connectivity index (χ2v) is 7.74. The van der Waals surface area contributed by atoms with E-state index in [0.717, 1.165) is 12.2 Å². The van der Waals surface area contributed by atoms with Crippen LogP contribution in [0.1, 0.15) is 58.6 Å². The van der Waals surface area contributed by atoms with Crippen LogP contribution in [0, 0.1) is 12.8 Å². The van der Waals surface area contributed by atoms with Crippen molar-refractivity contribution in [3.8, 4) is 0 Å². The molecule has 0 spiro atoms. The molecule has 1 aliphatic rings. The van der Waals surface area contributed by atoms with E-state index in [1.54, 1.807) is 24.3 Å². The Morgan fingerprint density at radius 3 is 2.72 bits per heavy atom. The second-order valence-electron chi connectivity index (χ2n) is 7.74. The highest BCUT2D eigenvalue weighted by atomic mass is 16.2. The van der Waals surface area contributed by atoms with Crippen molar-refractivity contribution in [3.63, 3.8) is 0 Å². The number of pyridine rings is 1. The third-order valence-electron chi connectivity index (χ3n) is 5.58. The van der Waals surface area contributed by atoms with E-state index in [0.29, 0.717) is 22.5 Å². The maximum Gasteiger partial charge on any atom is 0.274 e. The van der Waals surface area contributed by atoms with Gasteiger partial charge in [-0.3, -0.25) is 14.3 Å². The minimum atomic E-state index is -0.589. The number of carbonyl (C=O) groups is 2. The average molecular weight is 391 g/mol. The highest BCUT2D eigenvalue weighted by molar-refractivity contribution is 6.10. The molecule has 7 heteroatoms. The van der Waals surface area contributed by atoms with Gasteiger partial charge in [-0.15, -0.1) is 0 Å². The molecule has 1 aliphatic carbocycles. The predicted octanol–water partition coefficient (Wildman–Crippen LogP) is 3.67. The number of benzene rings is 1. The Morgan fingerprint density at radius 1 is 1.21 bits per heavy atom. The van der Waals surface area contributed by atoms with Gasteiger partial charge in [0.25, 0.3) is 5.91 Å². The fourth-order valence-corrected chi connectivity index (χ4v) is 4.05. The van der Waals surface area contributed by atoms with Gasteiger partial charge in [0.05, 0.1) is 22.5 Å². The zero-order valence-corrected chi connectivity index (χ0v) is 16.5. The number of para-hydroxylation sites is 1. The lowest BCUT2D eigenvalue weighted by Gasteiger charge is -2.21. The van der Waals surface area contributed by atoms with Gasteiger partial charge in [-0.05, 0) is 37.8 Å². The Hall–Kier alpha value is -3.22. The number of hydrogen-bond acceptors (Lipinski definition) is 4. The van der Waals surface area contributed by atoms with Crippen molar-refractivity contribution >= 4 is 28.4 Å². The standard InChI is InChI=1S/C22H25N5O2/c1-14-20(13-27(26-14)12-15-7-3-2-4-8-15)25-22(29)19-11-17(21(23)28)16-9-5-6-10-18(16)24-19/h5-6,9-11,13,15H,2-4,7-8,12H2,1H3,(H2,23,28)(H,25,29). The Morgan fingerprint density at radius 2 is 1.97 bits per heavy atom. The van der Waals surface area contributed by atoms with E-state index < -0.39 is 11.8 Å². The molecule has 2 heterocycles. The first kappa shape index (κ1) is 19.1. The minimum absolute atomic E-state index is 0.150. The third kappa shape index (κ3) is 4.13. The molecule has 0 atom stereocenters. The van der Waals surface area contributed by atoms with E-state index in [9.17, 15) is 9.59 Å². The molecule has 0 radical (unpaired) electrons. The number of hydrogen-bond donors (Lipinski definition) is 2. The van der Waals surface area contributed by atoms with Gasteiger partial charge in [0.15, 0.2) is 0 Å². The quantitative estimate of drug-likeness (QED) is 0.692. The van der Waals surface area contributed by atoms with E-state index in [1.807, 2.05) is 17.8 Å². The van der Waals surface area contributed by atoms with Gasteiger partial charge in [-0.2, -0.15) is 5.10 Å². The summed E-state index contributed by atoms with van der Waals surface area (Å²) in [6.45, 7) is 2.74. The summed E-state index contributed by atoms with van der Waals surface area (Å²) in [5.74, 6) is -0.334. The van der Waals surface area contributed by atoms with Crippen molar-refractivity contribution in [2.24, 2.45) is 11.7 Å². The summed E-state index contributed by atoms with van der Waals surface area (Å²) >= 11 is 0. The number of anilines is 1. The molecular formula is C22H25N5O2. The molecule has 4 rings (SSSR count). The fourth-order valence-electron chi connectivity index (χ4n) is 4.05. The van der Waals surface area contributed by atoms with Gasteiger partial charge in [0.2, 0.25) is 5.91 Å². The molecule has 3 aromatic rings. The zero-order valence-electron chi connectivity index (χ0n) is 16.5. The molecular weight excluding hydrogens is 366 g/mol. The lowest BCUT2D eigenvalue weighted by Crippen LogP contribution is -2.18. The van der Waals surface area contributed by atoms with Crippen LogP contribution in [0.3, 0.4) is 0 Å². The molecule has 2 amide bonds. The first-order valence-corrected chi connectivity index (χ1v) is 10.1. The third-order valence-corrected chi connectivity index (χ3v) is 5.58. The zero-order chi connectivity index (χ0) is 20.4. The maximum atomic E-state index is 12.8. The summed E-state index contributed by atoms with van der Waals surface area (Å²) in [5, 5.41) is 8.07. The summed E-state index contributed by atoms with van der Waals surface area (Å²) in [6, 6.07) is 8.58. The number of nitrogens with zero attached hydrogens (tertiary/aromatic N) is 3. The molecule has 1 fully saturated rings. The highest BCUT2D eigenvalue weighted by Crippen LogP contribution is 2.26. The van der Waals surface area contributed by atoms with Crippen molar-refractivity contribution in [1.82, 2.24) is 14.8 Å². The number of aromatic nitrogens is 3. The summed E-state index contributed by atoms with van der Waals surface area (Å²) in [7, 11) is 0. The van der Waals surface area contributed by atoms with Gasteiger partial charge in [0, 0.05) is 18.1 Å². The number of amides is 2. The highest BCUT2D eigenvalue weighted by Gasteiger charge is 2.18. The molecule has 1 saturated carbocycles. The van der Waals surface area contributed by atoms with Gasteiger partial charge >= 0.3 is 0 Å². The van der Waals surface area contributed by atoms with Crippen LogP contribution in [0.2, 0.25) is 0 Å². The number of rotatable bonds is 5. The summed E-state index contributed by atoms with van der Waals surface area (Å²) in [5.41, 5.74) is 7.90. The summed E-state index contributed by atoms with van der Waals surface area (Å²) in [4.78, 5) is 29.1. The number of carbonyl (C=O) groups excluding carboxylic acids is 2. The van der Waals surface area contributed by atoms with Crippen LogP contribution >= 0.6 is 0 Å². The van der Waals surface area contributed by atoms with Crippen LogP contribution < -0.4 is 11.1 Å². The molecule has 0 aliphatic heterocycles. The average Bonchev–Trinajstić information content (AvgIpc) is 3.06. The molecule has 150 valence electrons. The molecule has 0 saturated heterocycles. The van der Waals surface area contributed by atoms with Gasteiger partial charge < -0.3 is 11.1 Å². The van der Waals surface area contributed by atoms with Crippen molar-refractivity contribution in [2.75, 3.05) is 5.32 Å². The monoisotopic (exact) mass is 391 g/mol. The SMILES string of the molecule is Cc1nn(CC2CCCCC2)cc1NC(=O)c1cc(C(N)=O)c2ccccc2n1. The van der Waals surface area contributed by atoms with Gasteiger partial charge in [0.1, 0.15) is 5.69 Å². The molecule has 0 unspecified atom stereocenters.